The van der Waals surface area contributed by atoms with E-state index in [1.807, 2.05) is 0 Å². The Morgan fingerprint density at radius 1 is 1.50 bits per heavy atom. The lowest BCUT2D eigenvalue weighted by Crippen LogP contribution is -2.29. The minimum absolute atomic E-state index is 0.0707. The predicted octanol–water partition coefficient (Wildman–Crippen LogP) is 1.57. The normalized spacial score (nSPS) is 24.4. The van der Waals surface area contributed by atoms with Crippen LogP contribution >= 0.6 is 0 Å². The second-order valence-corrected chi connectivity index (χ2v) is 3.59. The molecule has 0 amide bonds. The van der Waals surface area contributed by atoms with Crippen molar-refractivity contribution in [2.24, 2.45) is 0 Å². The minimum Gasteiger partial charge on any atom is -0.383 e. The largest absolute Gasteiger partial charge is 0.383 e. The molecule has 1 N–H and O–H groups in total. The molecule has 0 unspecified atom stereocenters. The van der Waals surface area contributed by atoms with Crippen molar-refractivity contribution >= 4 is 0 Å². The number of ether oxygens (including phenoxy) is 1. The summed E-state index contributed by atoms with van der Waals surface area (Å²) in [5.41, 5.74) is -1.31. The van der Waals surface area contributed by atoms with Crippen molar-refractivity contribution in [1.82, 2.24) is 0 Å². The summed E-state index contributed by atoms with van der Waals surface area (Å²) >= 11 is 0. The SMILES string of the molecule is C[C@@](O)(c1ccc(F)cc1F)[C@@H]1CO1. The lowest BCUT2D eigenvalue weighted by molar-refractivity contribution is 0.0226. The van der Waals surface area contributed by atoms with Gasteiger partial charge in [-0.2, -0.15) is 0 Å². The Kier molecular flexibility index (Phi) is 2.05. The molecule has 1 aromatic rings. The number of hydrogen-bond donors (Lipinski definition) is 1. The van der Waals surface area contributed by atoms with E-state index in [2.05, 4.69) is 0 Å². The molecule has 14 heavy (non-hydrogen) atoms. The second-order valence-electron chi connectivity index (χ2n) is 3.59. The molecule has 0 saturated carbocycles. The number of epoxide rings is 1. The van der Waals surface area contributed by atoms with Crippen LogP contribution in [0.15, 0.2) is 18.2 Å². The van der Waals surface area contributed by atoms with Gasteiger partial charge in [0.1, 0.15) is 23.3 Å². The molecule has 2 atom stereocenters. The van der Waals surface area contributed by atoms with E-state index in [-0.39, 0.29) is 11.7 Å². The lowest BCUT2D eigenvalue weighted by Gasteiger charge is -2.21. The highest BCUT2D eigenvalue weighted by molar-refractivity contribution is 5.26. The van der Waals surface area contributed by atoms with E-state index in [4.69, 9.17) is 4.74 Å². The highest BCUT2D eigenvalue weighted by atomic mass is 19.1. The first-order valence-corrected chi connectivity index (χ1v) is 4.31. The van der Waals surface area contributed by atoms with Gasteiger partial charge in [0.15, 0.2) is 0 Å². The first-order chi connectivity index (χ1) is 6.51. The lowest BCUT2D eigenvalue weighted by atomic mass is 9.92. The summed E-state index contributed by atoms with van der Waals surface area (Å²) in [6.07, 6.45) is -0.387. The van der Waals surface area contributed by atoms with Gasteiger partial charge in [-0.25, -0.2) is 8.78 Å². The summed E-state index contributed by atoms with van der Waals surface area (Å²) in [7, 11) is 0. The van der Waals surface area contributed by atoms with E-state index in [0.717, 1.165) is 12.1 Å². The molecular formula is C10H10F2O2. The first kappa shape index (κ1) is 9.55. The van der Waals surface area contributed by atoms with Crippen molar-refractivity contribution in [3.05, 3.63) is 35.4 Å². The van der Waals surface area contributed by atoms with E-state index >= 15 is 0 Å². The molecule has 1 fully saturated rings. The third kappa shape index (κ3) is 1.51. The van der Waals surface area contributed by atoms with Gasteiger partial charge in [-0.05, 0) is 13.0 Å². The molecule has 0 aliphatic carbocycles. The third-order valence-electron chi connectivity index (χ3n) is 2.44. The highest BCUT2D eigenvalue weighted by Crippen LogP contribution is 2.35. The summed E-state index contributed by atoms with van der Waals surface area (Å²) < 4.78 is 30.8. The van der Waals surface area contributed by atoms with Crippen LogP contribution in [0, 0.1) is 11.6 Å². The minimum atomic E-state index is -1.38. The fraction of sp³-hybridized carbons (Fsp3) is 0.400. The van der Waals surface area contributed by atoms with E-state index in [0.29, 0.717) is 6.61 Å². The molecule has 76 valence electrons. The van der Waals surface area contributed by atoms with Crippen LogP contribution in [-0.2, 0) is 10.3 Å². The zero-order valence-electron chi connectivity index (χ0n) is 7.63. The average Bonchev–Trinajstić information content (AvgIpc) is 2.84. The van der Waals surface area contributed by atoms with Crippen LogP contribution in [0.1, 0.15) is 12.5 Å². The molecule has 2 rings (SSSR count). The maximum atomic E-state index is 13.3. The fourth-order valence-electron chi connectivity index (χ4n) is 1.45. The van der Waals surface area contributed by atoms with Gasteiger partial charge in [-0.1, -0.05) is 6.07 Å². The van der Waals surface area contributed by atoms with E-state index < -0.39 is 17.2 Å². The van der Waals surface area contributed by atoms with Crippen molar-refractivity contribution in [1.29, 1.82) is 0 Å². The molecule has 0 bridgehead atoms. The van der Waals surface area contributed by atoms with Crippen LogP contribution in [0.4, 0.5) is 8.78 Å². The zero-order valence-corrected chi connectivity index (χ0v) is 7.63. The van der Waals surface area contributed by atoms with Crippen molar-refractivity contribution < 1.29 is 18.6 Å². The first-order valence-electron chi connectivity index (χ1n) is 4.31. The number of benzene rings is 1. The Morgan fingerprint density at radius 3 is 2.64 bits per heavy atom. The Morgan fingerprint density at radius 2 is 2.14 bits per heavy atom. The highest BCUT2D eigenvalue weighted by Gasteiger charge is 2.44. The van der Waals surface area contributed by atoms with E-state index in [9.17, 15) is 13.9 Å². The van der Waals surface area contributed by atoms with Gasteiger partial charge in [0.05, 0.1) is 6.61 Å². The van der Waals surface area contributed by atoms with Crippen molar-refractivity contribution in [3.8, 4) is 0 Å². The molecule has 2 nitrogen and oxygen atoms in total. The monoisotopic (exact) mass is 200 g/mol. The molecule has 1 saturated heterocycles. The van der Waals surface area contributed by atoms with E-state index in [1.165, 1.54) is 13.0 Å². The topological polar surface area (TPSA) is 32.8 Å². The Bertz CT molecular complexity index is 359. The molecule has 1 aliphatic heterocycles. The predicted molar refractivity (Wildman–Crippen MR) is 45.7 cm³/mol. The van der Waals surface area contributed by atoms with Gasteiger partial charge in [-0.3, -0.25) is 0 Å². The molecule has 0 radical (unpaired) electrons. The number of halogens is 2. The maximum absolute atomic E-state index is 13.3. The van der Waals surface area contributed by atoms with Crippen LogP contribution in [0.5, 0.6) is 0 Å². The average molecular weight is 200 g/mol. The van der Waals surface area contributed by atoms with Crippen LogP contribution in [0.2, 0.25) is 0 Å². The van der Waals surface area contributed by atoms with Gasteiger partial charge < -0.3 is 9.84 Å². The quantitative estimate of drug-likeness (QED) is 0.735. The Balaban J connectivity index is 2.40. The second kappa shape index (κ2) is 3.00. The summed E-state index contributed by atoms with van der Waals surface area (Å²) in [5, 5.41) is 9.91. The van der Waals surface area contributed by atoms with Crippen LogP contribution in [0.3, 0.4) is 0 Å². The third-order valence-corrected chi connectivity index (χ3v) is 2.44. The molecular weight excluding hydrogens is 190 g/mol. The molecule has 4 heteroatoms. The summed E-state index contributed by atoms with van der Waals surface area (Å²) in [6, 6.07) is 3.12. The van der Waals surface area contributed by atoms with Gasteiger partial charge in [-0.15, -0.1) is 0 Å². The number of hydrogen-bond acceptors (Lipinski definition) is 2. The standard InChI is InChI=1S/C10H10F2O2/c1-10(13,9-5-14-9)7-3-2-6(11)4-8(7)12/h2-4,9,13H,5H2,1H3/t9-,10+/m0/s1. The molecule has 0 aromatic heterocycles. The number of aliphatic hydroxyl groups is 1. The summed E-state index contributed by atoms with van der Waals surface area (Å²) in [4.78, 5) is 0. The fourth-order valence-corrected chi connectivity index (χ4v) is 1.45. The molecule has 1 aromatic carbocycles. The Labute approximate surface area is 80.1 Å². The van der Waals surface area contributed by atoms with Crippen LogP contribution < -0.4 is 0 Å². The van der Waals surface area contributed by atoms with Gasteiger partial charge in [0.25, 0.3) is 0 Å². The van der Waals surface area contributed by atoms with Gasteiger partial charge in [0.2, 0.25) is 0 Å². The Hall–Kier alpha value is -1.00. The van der Waals surface area contributed by atoms with Gasteiger partial charge in [0, 0.05) is 11.6 Å². The smallest absolute Gasteiger partial charge is 0.132 e. The molecule has 0 spiro atoms. The molecule has 1 heterocycles. The molecule has 1 aliphatic rings. The summed E-state index contributed by atoms with van der Waals surface area (Å²) in [6.45, 7) is 1.87. The summed E-state index contributed by atoms with van der Waals surface area (Å²) in [5.74, 6) is -1.40. The zero-order chi connectivity index (χ0) is 10.3. The van der Waals surface area contributed by atoms with Crippen LogP contribution in [0.25, 0.3) is 0 Å². The number of rotatable bonds is 2. The van der Waals surface area contributed by atoms with Crippen molar-refractivity contribution in [2.45, 2.75) is 18.6 Å². The van der Waals surface area contributed by atoms with Crippen molar-refractivity contribution in [3.63, 3.8) is 0 Å². The van der Waals surface area contributed by atoms with Gasteiger partial charge >= 0.3 is 0 Å². The van der Waals surface area contributed by atoms with E-state index in [1.54, 1.807) is 0 Å². The van der Waals surface area contributed by atoms with Crippen molar-refractivity contribution in [2.75, 3.05) is 6.61 Å². The maximum Gasteiger partial charge on any atom is 0.132 e. The van der Waals surface area contributed by atoms with Crippen LogP contribution in [-0.4, -0.2) is 17.8 Å².